The number of ketones is 1. The quantitative estimate of drug-likeness (QED) is 0.497. The number of ether oxygens (including phenoxy) is 2. The normalized spacial score (nSPS) is 10.7. The molecule has 2 aromatic carbocycles. The summed E-state index contributed by atoms with van der Waals surface area (Å²) in [6.07, 6.45) is 3.22. The Morgan fingerprint density at radius 3 is 2.45 bits per heavy atom. The molecule has 114 valence electrons. The third kappa shape index (κ3) is 3.68. The summed E-state index contributed by atoms with van der Waals surface area (Å²) >= 11 is 3.39. The summed E-state index contributed by atoms with van der Waals surface area (Å²) in [6.45, 7) is 0. The van der Waals surface area contributed by atoms with Gasteiger partial charge in [0.25, 0.3) is 0 Å². The molecule has 2 aromatic rings. The van der Waals surface area contributed by atoms with Gasteiger partial charge in [-0.15, -0.1) is 0 Å². The molecule has 0 aliphatic rings. The van der Waals surface area contributed by atoms with Gasteiger partial charge in [0.1, 0.15) is 0 Å². The predicted octanol–water partition coefficient (Wildman–Crippen LogP) is 3.94. The molecule has 0 aromatic heterocycles. The molecule has 0 bridgehead atoms. The molecule has 5 heteroatoms. The van der Waals surface area contributed by atoms with Gasteiger partial charge < -0.3 is 15.2 Å². The van der Waals surface area contributed by atoms with Gasteiger partial charge in [-0.2, -0.15) is 0 Å². The SMILES string of the molecule is COc1cc(N)c(C(=O)/C=C/c2cccc(Br)c2)cc1OC. The lowest BCUT2D eigenvalue weighted by molar-refractivity contribution is 0.104. The van der Waals surface area contributed by atoms with Crippen LogP contribution in [0.2, 0.25) is 0 Å². The summed E-state index contributed by atoms with van der Waals surface area (Å²) in [7, 11) is 3.03. The molecule has 0 spiro atoms. The minimum Gasteiger partial charge on any atom is -0.493 e. The molecule has 0 saturated carbocycles. The number of carbonyl (C=O) groups is 1. The lowest BCUT2D eigenvalue weighted by Crippen LogP contribution is -2.03. The van der Waals surface area contributed by atoms with E-state index in [2.05, 4.69) is 15.9 Å². The van der Waals surface area contributed by atoms with Gasteiger partial charge in [-0.1, -0.05) is 34.1 Å². The van der Waals surface area contributed by atoms with E-state index < -0.39 is 0 Å². The number of anilines is 1. The van der Waals surface area contributed by atoms with E-state index in [9.17, 15) is 4.79 Å². The van der Waals surface area contributed by atoms with Crippen molar-refractivity contribution in [2.45, 2.75) is 0 Å². The van der Waals surface area contributed by atoms with Crippen LogP contribution in [0.4, 0.5) is 5.69 Å². The average molecular weight is 362 g/mol. The number of methoxy groups -OCH3 is 2. The molecule has 0 aliphatic carbocycles. The standard InChI is InChI=1S/C17H16BrNO3/c1-21-16-9-13(14(19)10-17(16)22-2)15(20)7-6-11-4-3-5-12(18)8-11/h3-10H,19H2,1-2H3/b7-6+. The first-order chi connectivity index (χ1) is 10.5. The summed E-state index contributed by atoms with van der Waals surface area (Å²) in [5.74, 6) is 0.766. The van der Waals surface area contributed by atoms with Gasteiger partial charge in [0, 0.05) is 21.8 Å². The molecule has 0 heterocycles. The fraction of sp³-hybridized carbons (Fsp3) is 0.118. The minimum absolute atomic E-state index is 0.196. The molecule has 0 radical (unpaired) electrons. The van der Waals surface area contributed by atoms with Crippen molar-refractivity contribution in [3.05, 3.63) is 58.1 Å². The number of benzene rings is 2. The Bertz CT molecular complexity index is 726. The van der Waals surface area contributed by atoms with E-state index in [0.29, 0.717) is 22.7 Å². The second-order valence-electron chi connectivity index (χ2n) is 4.55. The van der Waals surface area contributed by atoms with E-state index in [0.717, 1.165) is 10.0 Å². The number of hydrogen-bond donors (Lipinski definition) is 1. The van der Waals surface area contributed by atoms with E-state index >= 15 is 0 Å². The fourth-order valence-electron chi connectivity index (χ4n) is 1.98. The Kier molecular flexibility index (Phi) is 5.22. The van der Waals surface area contributed by atoms with Gasteiger partial charge in [0.15, 0.2) is 17.3 Å². The second-order valence-corrected chi connectivity index (χ2v) is 5.46. The highest BCUT2D eigenvalue weighted by Crippen LogP contribution is 2.32. The molecule has 0 atom stereocenters. The van der Waals surface area contributed by atoms with Crippen LogP contribution in [0.3, 0.4) is 0 Å². The van der Waals surface area contributed by atoms with Gasteiger partial charge in [0.2, 0.25) is 0 Å². The number of carbonyl (C=O) groups excluding carboxylic acids is 1. The highest BCUT2D eigenvalue weighted by atomic mass is 79.9. The van der Waals surface area contributed by atoms with Crippen LogP contribution in [-0.2, 0) is 0 Å². The van der Waals surface area contributed by atoms with E-state index in [4.69, 9.17) is 15.2 Å². The van der Waals surface area contributed by atoms with Gasteiger partial charge in [0.05, 0.1) is 14.2 Å². The Hall–Kier alpha value is -2.27. The summed E-state index contributed by atoms with van der Waals surface area (Å²) in [6, 6.07) is 10.8. The second kappa shape index (κ2) is 7.13. The zero-order valence-corrected chi connectivity index (χ0v) is 13.9. The van der Waals surface area contributed by atoms with E-state index in [1.54, 1.807) is 18.2 Å². The van der Waals surface area contributed by atoms with Crippen molar-refractivity contribution in [3.63, 3.8) is 0 Å². The zero-order valence-electron chi connectivity index (χ0n) is 12.3. The van der Waals surface area contributed by atoms with Crippen molar-refractivity contribution in [2.24, 2.45) is 0 Å². The Morgan fingerprint density at radius 1 is 1.14 bits per heavy atom. The molecular weight excluding hydrogens is 346 g/mol. The molecule has 0 amide bonds. The van der Waals surface area contributed by atoms with E-state index in [1.165, 1.54) is 20.3 Å². The maximum Gasteiger partial charge on any atom is 0.188 e. The summed E-state index contributed by atoms with van der Waals surface area (Å²) < 4.78 is 11.3. The van der Waals surface area contributed by atoms with Gasteiger partial charge in [-0.3, -0.25) is 4.79 Å². The van der Waals surface area contributed by atoms with Crippen LogP contribution < -0.4 is 15.2 Å². The number of nitrogen functional groups attached to an aromatic ring is 1. The molecule has 0 unspecified atom stereocenters. The first-order valence-electron chi connectivity index (χ1n) is 6.54. The lowest BCUT2D eigenvalue weighted by Gasteiger charge is -2.10. The third-order valence-corrected chi connectivity index (χ3v) is 3.59. The van der Waals surface area contributed by atoms with Crippen molar-refractivity contribution in [1.82, 2.24) is 0 Å². The van der Waals surface area contributed by atoms with Crippen LogP contribution >= 0.6 is 15.9 Å². The van der Waals surface area contributed by atoms with Crippen LogP contribution in [0.15, 0.2) is 46.9 Å². The molecule has 22 heavy (non-hydrogen) atoms. The van der Waals surface area contributed by atoms with Crippen LogP contribution in [0.5, 0.6) is 11.5 Å². The predicted molar refractivity (Wildman–Crippen MR) is 91.5 cm³/mol. The number of halogens is 1. The molecule has 2 N–H and O–H groups in total. The minimum atomic E-state index is -0.196. The van der Waals surface area contributed by atoms with Crippen LogP contribution in [0.25, 0.3) is 6.08 Å². The van der Waals surface area contributed by atoms with Gasteiger partial charge >= 0.3 is 0 Å². The Balaban J connectivity index is 2.29. The van der Waals surface area contributed by atoms with Crippen molar-refractivity contribution in [2.75, 3.05) is 20.0 Å². The first-order valence-corrected chi connectivity index (χ1v) is 7.34. The summed E-state index contributed by atoms with van der Waals surface area (Å²) in [5, 5.41) is 0. The Labute approximate surface area is 137 Å². The van der Waals surface area contributed by atoms with Crippen molar-refractivity contribution >= 4 is 33.5 Å². The average Bonchev–Trinajstić information content (AvgIpc) is 2.52. The van der Waals surface area contributed by atoms with Gasteiger partial charge in [-0.25, -0.2) is 0 Å². The van der Waals surface area contributed by atoms with Crippen molar-refractivity contribution < 1.29 is 14.3 Å². The zero-order chi connectivity index (χ0) is 16.1. The number of hydrogen-bond acceptors (Lipinski definition) is 4. The smallest absolute Gasteiger partial charge is 0.188 e. The van der Waals surface area contributed by atoms with E-state index in [-0.39, 0.29) is 5.78 Å². The van der Waals surface area contributed by atoms with E-state index in [1.807, 2.05) is 24.3 Å². The maximum absolute atomic E-state index is 12.3. The molecule has 0 fully saturated rings. The van der Waals surface area contributed by atoms with Crippen LogP contribution in [-0.4, -0.2) is 20.0 Å². The maximum atomic E-state index is 12.3. The topological polar surface area (TPSA) is 61.5 Å². The first kappa shape index (κ1) is 16.1. The monoisotopic (exact) mass is 361 g/mol. The summed E-state index contributed by atoms with van der Waals surface area (Å²) in [4.78, 5) is 12.3. The highest BCUT2D eigenvalue weighted by molar-refractivity contribution is 9.10. The van der Waals surface area contributed by atoms with Gasteiger partial charge in [-0.05, 0) is 29.8 Å². The number of nitrogens with two attached hydrogens (primary N) is 1. The Morgan fingerprint density at radius 2 is 1.82 bits per heavy atom. The molecule has 0 aliphatic heterocycles. The fourth-order valence-corrected chi connectivity index (χ4v) is 2.40. The van der Waals surface area contributed by atoms with Crippen molar-refractivity contribution in [1.29, 1.82) is 0 Å². The summed E-state index contributed by atoms with van der Waals surface area (Å²) in [5.41, 5.74) is 7.56. The van der Waals surface area contributed by atoms with Crippen LogP contribution in [0.1, 0.15) is 15.9 Å². The molecular formula is C17H16BrNO3. The molecule has 4 nitrogen and oxygen atoms in total. The number of allylic oxidation sites excluding steroid dienone is 1. The highest BCUT2D eigenvalue weighted by Gasteiger charge is 2.13. The number of rotatable bonds is 5. The van der Waals surface area contributed by atoms with Crippen LogP contribution in [0, 0.1) is 0 Å². The lowest BCUT2D eigenvalue weighted by atomic mass is 10.1. The molecule has 2 rings (SSSR count). The van der Waals surface area contributed by atoms with Crippen molar-refractivity contribution in [3.8, 4) is 11.5 Å². The third-order valence-electron chi connectivity index (χ3n) is 3.10. The largest absolute Gasteiger partial charge is 0.493 e. The molecule has 0 saturated heterocycles.